The van der Waals surface area contributed by atoms with Crippen molar-refractivity contribution in [2.45, 2.75) is 52.5 Å². The van der Waals surface area contributed by atoms with E-state index in [9.17, 15) is 14.4 Å². The summed E-state index contributed by atoms with van der Waals surface area (Å²) in [6.07, 6.45) is 1.53. The minimum Gasteiger partial charge on any atom is -0.342 e. The van der Waals surface area contributed by atoms with Gasteiger partial charge in [0.05, 0.1) is 5.92 Å². The molecule has 2 fully saturated rings. The molecule has 158 valence electrons. The summed E-state index contributed by atoms with van der Waals surface area (Å²) in [4.78, 5) is 41.4. The van der Waals surface area contributed by atoms with E-state index in [2.05, 4.69) is 5.32 Å². The molecular formula is C22H30ClN3O3. The van der Waals surface area contributed by atoms with Crippen LogP contribution in [0.2, 0.25) is 5.02 Å². The molecule has 0 radical (unpaired) electrons. The van der Waals surface area contributed by atoms with Crippen molar-refractivity contribution < 1.29 is 14.4 Å². The van der Waals surface area contributed by atoms with E-state index in [0.29, 0.717) is 43.2 Å². The van der Waals surface area contributed by atoms with E-state index in [1.54, 1.807) is 11.0 Å². The van der Waals surface area contributed by atoms with Gasteiger partial charge in [-0.1, -0.05) is 17.7 Å². The SMILES string of the molecule is Cc1ccc(NC(=O)C2CCN(C(=O)C3CC(=O)N(C(C)(C)C)C3)CC2)cc1Cl. The molecule has 0 aromatic heterocycles. The second-order valence-electron chi connectivity index (χ2n) is 9.13. The van der Waals surface area contributed by atoms with Crippen molar-refractivity contribution in [2.75, 3.05) is 25.0 Å². The molecule has 1 aromatic rings. The number of hydrogen-bond donors (Lipinski definition) is 1. The van der Waals surface area contributed by atoms with E-state index in [0.717, 1.165) is 5.56 Å². The molecule has 2 heterocycles. The maximum atomic E-state index is 12.9. The van der Waals surface area contributed by atoms with Crippen molar-refractivity contribution in [3.8, 4) is 0 Å². The highest BCUT2D eigenvalue weighted by atomic mass is 35.5. The van der Waals surface area contributed by atoms with Gasteiger partial charge in [-0.25, -0.2) is 0 Å². The van der Waals surface area contributed by atoms with Crippen LogP contribution >= 0.6 is 11.6 Å². The summed E-state index contributed by atoms with van der Waals surface area (Å²) in [5, 5.41) is 3.55. The first-order chi connectivity index (χ1) is 13.6. The molecule has 0 bridgehead atoms. The zero-order valence-electron chi connectivity index (χ0n) is 17.6. The number of piperidine rings is 1. The fraction of sp³-hybridized carbons (Fsp3) is 0.591. The van der Waals surface area contributed by atoms with Crippen LogP contribution in [0, 0.1) is 18.8 Å². The molecule has 3 amide bonds. The summed E-state index contributed by atoms with van der Waals surface area (Å²) in [6.45, 7) is 9.46. The maximum absolute atomic E-state index is 12.9. The number of carbonyl (C=O) groups excluding carboxylic acids is 3. The van der Waals surface area contributed by atoms with Gasteiger partial charge in [-0.05, 0) is 58.2 Å². The van der Waals surface area contributed by atoms with Crippen molar-refractivity contribution in [1.29, 1.82) is 0 Å². The number of benzene rings is 1. The molecule has 3 rings (SSSR count). The van der Waals surface area contributed by atoms with Crippen LogP contribution in [0.4, 0.5) is 5.69 Å². The molecule has 0 aliphatic carbocycles. The summed E-state index contributed by atoms with van der Waals surface area (Å²) < 4.78 is 0. The second-order valence-corrected chi connectivity index (χ2v) is 9.54. The van der Waals surface area contributed by atoms with Crippen molar-refractivity contribution in [1.82, 2.24) is 9.80 Å². The quantitative estimate of drug-likeness (QED) is 0.815. The Kier molecular flexibility index (Phi) is 6.22. The molecule has 0 spiro atoms. The lowest BCUT2D eigenvalue weighted by Crippen LogP contribution is -2.46. The molecule has 7 heteroatoms. The van der Waals surface area contributed by atoms with Crippen LogP contribution in [0.25, 0.3) is 0 Å². The van der Waals surface area contributed by atoms with Gasteiger partial charge in [0.15, 0.2) is 0 Å². The molecule has 29 heavy (non-hydrogen) atoms. The Balaban J connectivity index is 1.52. The minimum atomic E-state index is -0.276. The fourth-order valence-corrected chi connectivity index (χ4v) is 4.24. The van der Waals surface area contributed by atoms with Crippen LogP contribution in [0.15, 0.2) is 18.2 Å². The first-order valence-electron chi connectivity index (χ1n) is 10.2. The van der Waals surface area contributed by atoms with Crippen LogP contribution in [-0.2, 0) is 14.4 Å². The molecule has 1 unspecified atom stereocenters. The number of nitrogens with one attached hydrogen (secondary N) is 1. The molecule has 2 aliphatic heterocycles. The second kappa shape index (κ2) is 8.34. The number of likely N-dealkylation sites (tertiary alicyclic amines) is 2. The Morgan fingerprint density at radius 2 is 1.79 bits per heavy atom. The zero-order valence-corrected chi connectivity index (χ0v) is 18.4. The van der Waals surface area contributed by atoms with Crippen molar-refractivity contribution in [2.24, 2.45) is 11.8 Å². The average Bonchev–Trinajstić information content (AvgIpc) is 3.06. The summed E-state index contributed by atoms with van der Waals surface area (Å²) in [5.41, 5.74) is 1.39. The third-order valence-corrected chi connectivity index (χ3v) is 6.31. The van der Waals surface area contributed by atoms with Crippen molar-refractivity contribution in [3.05, 3.63) is 28.8 Å². The van der Waals surface area contributed by atoms with Gasteiger partial charge in [-0.3, -0.25) is 14.4 Å². The number of anilines is 1. The van der Waals surface area contributed by atoms with E-state index in [4.69, 9.17) is 11.6 Å². The van der Waals surface area contributed by atoms with Gasteiger partial charge in [0, 0.05) is 48.2 Å². The third-order valence-electron chi connectivity index (χ3n) is 5.90. The predicted octanol–water partition coefficient (Wildman–Crippen LogP) is 3.47. The Morgan fingerprint density at radius 3 is 2.34 bits per heavy atom. The first-order valence-corrected chi connectivity index (χ1v) is 10.6. The first kappa shape index (κ1) is 21.6. The third kappa shape index (κ3) is 4.92. The summed E-state index contributed by atoms with van der Waals surface area (Å²) >= 11 is 6.12. The molecule has 1 aromatic carbocycles. The standard InChI is InChI=1S/C22H30ClN3O3/c1-14-5-6-17(12-18(14)23)24-20(28)15-7-9-25(10-8-15)21(29)16-11-19(27)26(13-16)22(2,3)4/h5-6,12,15-16H,7-11,13H2,1-4H3,(H,24,28). The molecule has 2 saturated heterocycles. The van der Waals surface area contributed by atoms with Gasteiger partial charge in [0.25, 0.3) is 0 Å². The number of amides is 3. The summed E-state index contributed by atoms with van der Waals surface area (Å²) in [7, 11) is 0. The number of halogens is 1. The Morgan fingerprint density at radius 1 is 1.14 bits per heavy atom. The van der Waals surface area contributed by atoms with E-state index in [-0.39, 0.29) is 41.5 Å². The van der Waals surface area contributed by atoms with E-state index >= 15 is 0 Å². The van der Waals surface area contributed by atoms with E-state index in [1.807, 2.05) is 44.7 Å². The molecule has 1 atom stereocenters. The largest absolute Gasteiger partial charge is 0.342 e. The average molecular weight is 420 g/mol. The summed E-state index contributed by atoms with van der Waals surface area (Å²) in [6, 6.07) is 5.48. The maximum Gasteiger partial charge on any atom is 0.227 e. The molecule has 2 aliphatic rings. The number of rotatable bonds is 3. The van der Waals surface area contributed by atoms with Gasteiger partial charge in [-0.15, -0.1) is 0 Å². The molecule has 0 saturated carbocycles. The smallest absolute Gasteiger partial charge is 0.227 e. The van der Waals surface area contributed by atoms with Crippen molar-refractivity contribution >= 4 is 35.0 Å². The van der Waals surface area contributed by atoms with Crippen LogP contribution < -0.4 is 5.32 Å². The van der Waals surface area contributed by atoms with Gasteiger partial charge in [-0.2, -0.15) is 0 Å². The zero-order chi connectivity index (χ0) is 21.3. The van der Waals surface area contributed by atoms with Crippen molar-refractivity contribution in [3.63, 3.8) is 0 Å². The number of hydrogen-bond acceptors (Lipinski definition) is 3. The van der Waals surface area contributed by atoms with Crippen LogP contribution in [0.3, 0.4) is 0 Å². The summed E-state index contributed by atoms with van der Waals surface area (Å²) in [5.74, 6) is -0.361. The monoisotopic (exact) mass is 419 g/mol. The van der Waals surface area contributed by atoms with Crippen LogP contribution in [0.1, 0.15) is 45.6 Å². The van der Waals surface area contributed by atoms with Gasteiger partial charge in [0.1, 0.15) is 0 Å². The number of nitrogens with zero attached hydrogens (tertiary/aromatic N) is 2. The lowest BCUT2D eigenvalue weighted by Gasteiger charge is -2.34. The topological polar surface area (TPSA) is 69.7 Å². The highest BCUT2D eigenvalue weighted by molar-refractivity contribution is 6.31. The minimum absolute atomic E-state index is 0.0352. The molecule has 1 N–H and O–H groups in total. The van der Waals surface area contributed by atoms with Gasteiger partial charge < -0.3 is 15.1 Å². The van der Waals surface area contributed by atoms with E-state index < -0.39 is 0 Å². The number of carbonyl (C=O) groups is 3. The highest BCUT2D eigenvalue weighted by Crippen LogP contribution is 2.29. The van der Waals surface area contributed by atoms with Gasteiger partial charge in [0.2, 0.25) is 17.7 Å². The molecule has 6 nitrogen and oxygen atoms in total. The van der Waals surface area contributed by atoms with Crippen LogP contribution in [0.5, 0.6) is 0 Å². The lowest BCUT2D eigenvalue weighted by atomic mass is 9.94. The normalized spacial score (nSPS) is 20.9. The highest BCUT2D eigenvalue weighted by Gasteiger charge is 2.41. The van der Waals surface area contributed by atoms with Gasteiger partial charge >= 0.3 is 0 Å². The number of aryl methyl sites for hydroxylation is 1. The Hall–Kier alpha value is -2.08. The molecular weight excluding hydrogens is 390 g/mol. The lowest BCUT2D eigenvalue weighted by molar-refractivity contribution is -0.138. The predicted molar refractivity (Wildman–Crippen MR) is 114 cm³/mol. The Labute approximate surface area is 177 Å². The Bertz CT molecular complexity index is 810. The fourth-order valence-electron chi connectivity index (χ4n) is 4.06. The van der Waals surface area contributed by atoms with E-state index in [1.165, 1.54) is 0 Å². The van der Waals surface area contributed by atoms with Crippen LogP contribution in [-0.4, -0.2) is 52.7 Å².